The Bertz CT molecular complexity index is 968. The lowest BCUT2D eigenvalue weighted by Gasteiger charge is -2.33. The van der Waals surface area contributed by atoms with Gasteiger partial charge in [-0.2, -0.15) is 4.31 Å². The highest BCUT2D eigenvalue weighted by molar-refractivity contribution is 7.92. The number of phenolic OH excluding ortho intramolecular Hbond substituents is 1. The summed E-state index contributed by atoms with van der Waals surface area (Å²) < 4.78 is 37.2. The Morgan fingerprint density at radius 1 is 1.00 bits per heavy atom. The number of phenols is 1. The summed E-state index contributed by atoms with van der Waals surface area (Å²) in [6, 6.07) is 12.7. The van der Waals surface area contributed by atoms with Gasteiger partial charge in [-0.1, -0.05) is 30.3 Å². The van der Waals surface area contributed by atoms with Crippen molar-refractivity contribution in [3.63, 3.8) is 0 Å². The first kappa shape index (κ1) is 18.8. The van der Waals surface area contributed by atoms with Gasteiger partial charge in [0, 0.05) is 49.8 Å². The van der Waals surface area contributed by atoms with Gasteiger partial charge in [0.15, 0.2) is 11.5 Å². The van der Waals surface area contributed by atoms with Crippen molar-refractivity contribution in [1.29, 1.82) is 0 Å². The van der Waals surface area contributed by atoms with Crippen LogP contribution in [-0.2, 0) is 16.6 Å². The monoisotopic (exact) mass is 402 g/mol. The lowest BCUT2D eigenvalue weighted by molar-refractivity contribution is 0.173. The van der Waals surface area contributed by atoms with Crippen LogP contribution in [0.4, 0.5) is 0 Å². The summed E-state index contributed by atoms with van der Waals surface area (Å²) in [6.45, 7) is 2.68. The number of fused-ring (bicyclic) bond motifs is 1. The number of hydrogen-bond donors (Lipinski definition) is 1. The number of nitrogens with zero attached hydrogens (tertiary/aromatic N) is 2. The highest BCUT2D eigenvalue weighted by Crippen LogP contribution is 2.38. The van der Waals surface area contributed by atoms with E-state index in [1.165, 1.54) is 9.71 Å². The molecule has 0 aliphatic carbocycles. The Kier molecular flexibility index (Phi) is 5.25. The summed E-state index contributed by atoms with van der Waals surface area (Å²) >= 11 is 0. The summed E-state index contributed by atoms with van der Waals surface area (Å²) in [5.41, 5.74) is 1.59. The molecular weight excluding hydrogens is 380 g/mol. The van der Waals surface area contributed by atoms with Crippen molar-refractivity contribution in [3.05, 3.63) is 59.0 Å². The van der Waals surface area contributed by atoms with Crippen molar-refractivity contribution in [2.75, 3.05) is 33.0 Å². The Labute approximate surface area is 164 Å². The minimum Gasteiger partial charge on any atom is -0.507 e. The van der Waals surface area contributed by atoms with Gasteiger partial charge in [0.1, 0.15) is 5.75 Å². The molecule has 0 spiro atoms. The second-order valence-electron chi connectivity index (χ2n) is 6.77. The first-order valence-corrected chi connectivity index (χ1v) is 10.6. The number of aromatic hydroxyl groups is 1. The van der Waals surface area contributed by atoms with Crippen LogP contribution in [0.3, 0.4) is 0 Å². The molecule has 1 N–H and O–H groups in total. The summed E-state index contributed by atoms with van der Waals surface area (Å²) in [6.07, 6.45) is 1.62. The van der Waals surface area contributed by atoms with E-state index in [1.807, 2.05) is 30.3 Å². The average molecular weight is 402 g/mol. The van der Waals surface area contributed by atoms with Crippen molar-refractivity contribution >= 4 is 16.1 Å². The number of hydrogen-bond acceptors (Lipinski definition) is 6. The fraction of sp³-hybridized carbons (Fsp3) is 0.300. The van der Waals surface area contributed by atoms with E-state index >= 15 is 0 Å². The average Bonchev–Trinajstić information content (AvgIpc) is 3.15. The molecule has 8 heteroatoms. The predicted octanol–water partition coefficient (Wildman–Crippen LogP) is 2.24. The maximum Gasteiger partial charge on any atom is 0.236 e. The Morgan fingerprint density at radius 2 is 1.68 bits per heavy atom. The third-order valence-electron chi connectivity index (χ3n) is 4.89. The third-order valence-corrected chi connectivity index (χ3v) is 6.46. The van der Waals surface area contributed by atoms with Gasteiger partial charge in [0.2, 0.25) is 16.8 Å². The zero-order valence-corrected chi connectivity index (χ0v) is 16.1. The molecule has 1 saturated heterocycles. The smallest absolute Gasteiger partial charge is 0.236 e. The lowest BCUT2D eigenvalue weighted by atomic mass is 10.1. The van der Waals surface area contributed by atoms with Crippen LogP contribution < -0.4 is 9.47 Å². The molecule has 148 valence electrons. The van der Waals surface area contributed by atoms with Gasteiger partial charge >= 0.3 is 0 Å². The molecule has 2 aliphatic rings. The van der Waals surface area contributed by atoms with Gasteiger partial charge in [0.25, 0.3) is 0 Å². The molecule has 0 atom stereocenters. The van der Waals surface area contributed by atoms with E-state index in [1.54, 1.807) is 18.2 Å². The lowest BCUT2D eigenvalue weighted by Crippen LogP contribution is -2.47. The quantitative estimate of drug-likeness (QED) is 0.826. The molecule has 2 aliphatic heterocycles. The van der Waals surface area contributed by atoms with E-state index in [4.69, 9.17) is 9.47 Å². The molecule has 0 radical (unpaired) electrons. The normalized spacial score (nSPS) is 18.0. The fourth-order valence-corrected chi connectivity index (χ4v) is 4.47. The Balaban J connectivity index is 1.36. The zero-order valence-electron chi connectivity index (χ0n) is 15.3. The van der Waals surface area contributed by atoms with Gasteiger partial charge < -0.3 is 14.6 Å². The predicted molar refractivity (Wildman–Crippen MR) is 105 cm³/mol. The van der Waals surface area contributed by atoms with Crippen molar-refractivity contribution < 1.29 is 23.0 Å². The standard InChI is InChI=1S/C20H22N2O5S/c23-18-13-20-19(26-15-27-20)12-17(18)14-21-7-9-22(10-8-21)28(24,25)11-6-16-4-2-1-3-5-16/h1-6,11-13,23H,7-10,14-15H2/b11-6+. The molecule has 0 unspecified atom stereocenters. The van der Waals surface area contributed by atoms with Crippen molar-refractivity contribution in [1.82, 2.24) is 9.21 Å². The van der Waals surface area contributed by atoms with E-state index < -0.39 is 10.0 Å². The van der Waals surface area contributed by atoms with Crippen LogP contribution in [0, 0.1) is 0 Å². The summed E-state index contributed by atoms with van der Waals surface area (Å²) in [5.74, 6) is 1.33. The van der Waals surface area contributed by atoms with E-state index in [-0.39, 0.29) is 12.5 Å². The van der Waals surface area contributed by atoms with Gasteiger partial charge in [-0.3, -0.25) is 4.90 Å². The molecule has 0 saturated carbocycles. The molecule has 1 fully saturated rings. The molecule has 0 bridgehead atoms. The maximum absolute atomic E-state index is 12.6. The maximum atomic E-state index is 12.6. The molecule has 28 heavy (non-hydrogen) atoms. The number of sulfonamides is 1. The number of benzene rings is 2. The van der Waals surface area contributed by atoms with E-state index in [0.29, 0.717) is 44.2 Å². The van der Waals surface area contributed by atoms with Crippen molar-refractivity contribution in [3.8, 4) is 17.2 Å². The largest absolute Gasteiger partial charge is 0.507 e. The minimum absolute atomic E-state index is 0.157. The molecule has 7 nitrogen and oxygen atoms in total. The van der Waals surface area contributed by atoms with Crippen LogP contribution in [0.25, 0.3) is 6.08 Å². The van der Waals surface area contributed by atoms with Crippen LogP contribution in [0.5, 0.6) is 17.2 Å². The van der Waals surface area contributed by atoms with Gasteiger partial charge in [0.05, 0.1) is 0 Å². The Morgan fingerprint density at radius 3 is 2.39 bits per heavy atom. The van der Waals surface area contributed by atoms with E-state index in [0.717, 1.165) is 11.1 Å². The minimum atomic E-state index is -3.45. The topological polar surface area (TPSA) is 79.3 Å². The van der Waals surface area contributed by atoms with Crippen molar-refractivity contribution in [2.45, 2.75) is 6.54 Å². The molecule has 4 rings (SSSR count). The first-order chi connectivity index (χ1) is 13.5. The molecule has 2 heterocycles. The van der Waals surface area contributed by atoms with Crippen molar-refractivity contribution in [2.24, 2.45) is 0 Å². The molecule has 2 aromatic rings. The van der Waals surface area contributed by atoms with Gasteiger partial charge in [-0.15, -0.1) is 0 Å². The highest BCUT2D eigenvalue weighted by atomic mass is 32.2. The SMILES string of the molecule is O=S(=O)(/C=C/c1ccccc1)N1CCN(Cc2cc3c(cc2O)OCO3)CC1. The number of piperazine rings is 1. The second-order valence-corrected chi connectivity index (χ2v) is 8.59. The van der Waals surface area contributed by atoms with E-state index in [9.17, 15) is 13.5 Å². The number of rotatable bonds is 5. The summed E-state index contributed by atoms with van der Waals surface area (Å²) in [7, 11) is -3.45. The third kappa shape index (κ3) is 4.14. The first-order valence-electron chi connectivity index (χ1n) is 9.08. The van der Waals surface area contributed by atoms with Crippen LogP contribution in [0.15, 0.2) is 47.9 Å². The van der Waals surface area contributed by atoms with Crippen LogP contribution in [0.1, 0.15) is 11.1 Å². The van der Waals surface area contributed by atoms with E-state index in [2.05, 4.69) is 4.90 Å². The Hall–Kier alpha value is -2.55. The molecule has 2 aromatic carbocycles. The van der Waals surface area contributed by atoms with Crippen LogP contribution in [-0.4, -0.2) is 55.7 Å². The summed E-state index contributed by atoms with van der Waals surface area (Å²) in [5, 5.41) is 11.5. The van der Waals surface area contributed by atoms with Gasteiger partial charge in [-0.05, 0) is 17.7 Å². The van der Waals surface area contributed by atoms with Crippen LogP contribution >= 0.6 is 0 Å². The van der Waals surface area contributed by atoms with Crippen LogP contribution in [0.2, 0.25) is 0 Å². The molecule has 0 aromatic heterocycles. The molecule has 0 amide bonds. The number of ether oxygens (including phenoxy) is 2. The fourth-order valence-electron chi connectivity index (χ4n) is 3.30. The van der Waals surface area contributed by atoms with Gasteiger partial charge in [-0.25, -0.2) is 8.42 Å². The second kappa shape index (κ2) is 7.83. The zero-order chi connectivity index (χ0) is 19.6. The molecular formula is C20H22N2O5S. The summed E-state index contributed by atoms with van der Waals surface area (Å²) in [4.78, 5) is 2.12. The highest BCUT2D eigenvalue weighted by Gasteiger charge is 2.26.